The second-order valence-corrected chi connectivity index (χ2v) is 9.96. The molecule has 3 atom stereocenters. The van der Waals surface area contributed by atoms with Gasteiger partial charge in [0.05, 0.1) is 16.2 Å². The number of nitro benzene ring substituents is 1. The molecule has 2 aromatic carbocycles. The molecule has 3 unspecified atom stereocenters. The van der Waals surface area contributed by atoms with Gasteiger partial charge in [0.25, 0.3) is 11.5 Å². The van der Waals surface area contributed by atoms with E-state index in [4.69, 9.17) is 18.9 Å². The number of non-ortho nitro benzene ring substituents is 1. The summed E-state index contributed by atoms with van der Waals surface area (Å²) in [5, 5.41) is 23.6. The molecule has 2 aromatic rings. The molecule has 2 aliphatic rings. The zero-order valence-electron chi connectivity index (χ0n) is 19.0. The van der Waals surface area contributed by atoms with Gasteiger partial charge < -0.3 is 24.1 Å². The van der Waals surface area contributed by atoms with E-state index in [0.29, 0.717) is 5.56 Å². The van der Waals surface area contributed by atoms with Crippen LogP contribution in [0.1, 0.15) is 25.0 Å². The largest absolute Gasteiger partial charge is 0.482 e. The second kappa shape index (κ2) is 7.52. The molecule has 2 heterocycles. The molecular formula is C21H24N2O10S. The summed E-state index contributed by atoms with van der Waals surface area (Å²) in [5.41, 5.74) is -5.67. The molecule has 0 saturated carbocycles. The van der Waals surface area contributed by atoms with Crippen molar-refractivity contribution in [2.24, 2.45) is 0 Å². The average Bonchev–Trinajstić information content (AvgIpc) is 3.13. The number of hydrogen-bond acceptors (Lipinski definition) is 10. The highest BCUT2D eigenvalue weighted by Crippen LogP contribution is 2.59. The Hall–Kier alpha value is -2.97. The van der Waals surface area contributed by atoms with Crippen LogP contribution in [0.15, 0.2) is 36.4 Å². The van der Waals surface area contributed by atoms with E-state index < -0.39 is 37.7 Å². The van der Waals surface area contributed by atoms with Crippen molar-refractivity contribution >= 4 is 21.5 Å². The molecule has 0 bridgehead atoms. The number of fused-ring (bicyclic) bond motifs is 2. The van der Waals surface area contributed by atoms with Crippen LogP contribution >= 0.6 is 0 Å². The Morgan fingerprint density at radius 1 is 1.12 bits per heavy atom. The van der Waals surface area contributed by atoms with Gasteiger partial charge in [-0.2, -0.15) is 8.42 Å². The molecule has 2 N–H and O–H groups in total. The monoisotopic (exact) mass is 496 g/mol. The first-order valence-electron chi connectivity index (χ1n) is 10.1. The topological polar surface area (TPSA) is 158 Å². The minimum atomic E-state index is -4.97. The number of benzene rings is 2. The van der Waals surface area contributed by atoms with Crippen LogP contribution in [0, 0.1) is 17.0 Å². The van der Waals surface area contributed by atoms with Crippen LogP contribution in [-0.2, 0) is 25.3 Å². The van der Waals surface area contributed by atoms with Gasteiger partial charge in [0.15, 0.2) is 5.60 Å². The summed E-state index contributed by atoms with van der Waals surface area (Å²) in [6.07, 6.45) is 0. The van der Waals surface area contributed by atoms with Crippen molar-refractivity contribution in [2.45, 2.75) is 43.4 Å². The lowest BCUT2D eigenvalue weighted by molar-refractivity contribution is -0.386. The third-order valence-corrected chi connectivity index (χ3v) is 6.99. The number of aliphatic hydroxyl groups is 1. The molecule has 184 valence electrons. The van der Waals surface area contributed by atoms with Gasteiger partial charge in [-0.15, -0.1) is 0 Å². The van der Waals surface area contributed by atoms with E-state index >= 15 is 0 Å². The highest BCUT2D eigenvalue weighted by molar-refractivity contribution is 7.86. The predicted octanol–water partition coefficient (Wildman–Crippen LogP) is 2.28. The van der Waals surface area contributed by atoms with Gasteiger partial charge in [0, 0.05) is 26.4 Å². The maximum Gasteiger partial charge on any atom is 0.324 e. The minimum Gasteiger partial charge on any atom is -0.482 e. The van der Waals surface area contributed by atoms with E-state index in [0.717, 1.165) is 18.1 Å². The van der Waals surface area contributed by atoms with Gasteiger partial charge in [0.2, 0.25) is 5.72 Å². The Labute approximate surface area is 195 Å². The van der Waals surface area contributed by atoms with Crippen LogP contribution in [0.25, 0.3) is 0 Å². The van der Waals surface area contributed by atoms with Gasteiger partial charge in [-0.3, -0.25) is 19.6 Å². The molecule has 0 spiro atoms. The second-order valence-electron chi connectivity index (χ2n) is 8.53. The molecule has 0 saturated heterocycles. The van der Waals surface area contributed by atoms with Crippen LogP contribution in [0.2, 0.25) is 0 Å². The van der Waals surface area contributed by atoms with E-state index in [1.807, 2.05) is 0 Å². The molecule has 0 amide bonds. The third kappa shape index (κ3) is 3.08. The normalized spacial score (nSPS) is 27.4. The number of anilines is 1. The Kier molecular flexibility index (Phi) is 5.34. The molecule has 0 aliphatic carbocycles. The van der Waals surface area contributed by atoms with Crippen molar-refractivity contribution in [1.29, 1.82) is 0 Å². The summed E-state index contributed by atoms with van der Waals surface area (Å²) in [6.45, 7) is 4.70. The van der Waals surface area contributed by atoms with Gasteiger partial charge >= 0.3 is 15.7 Å². The number of ether oxygens (including phenoxy) is 4. The molecule has 34 heavy (non-hydrogen) atoms. The summed E-state index contributed by atoms with van der Waals surface area (Å²) in [4.78, 5) is 11.9. The lowest BCUT2D eigenvalue weighted by atomic mass is 9.78. The highest BCUT2D eigenvalue weighted by atomic mass is 32.2. The first kappa shape index (κ1) is 24.2. The Morgan fingerprint density at radius 2 is 1.76 bits per heavy atom. The number of nitro groups is 1. The average molecular weight is 496 g/mol. The van der Waals surface area contributed by atoms with Gasteiger partial charge in [0.1, 0.15) is 11.5 Å². The van der Waals surface area contributed by atoms with E-state index in [9.17, 15) is 28.2 Å². The number of methoxy groups -OCH3 is 2. The van der Waals surface area contributed by atoms with Crippen LogP contribution in [0.4, 0.5) is 11.4 Å². The van der Waals surface area contributed by atoms with Crippen molar-refractivity contribution < 1.29 is 41.9 Å². The van der Waals surface area contributed by atoms with Crippen molar-refractivity contribution in [3.63, 3.8) is 0 Å². The van der Waals surface area contributed by atoms with Gasteiger partial charge in [-0.1, -0.05) is 6.07 Å². The quantitative estimate of drug-likeness (QED) is 0.271. The summed E-state index contributed by atoms with van der Waals surface area (Å²) < 4.78 is 58.1. The van der Waals surface area contributed by atoms with Gasteiger partial charge in [-0.05, 0) is 44.5 Å². The maximum atomic E-state index is 12.5. The van der Waals surface area contributed by atoms with Crippen LogP contribution in [0.5, 0.6) is 11.5 Å². The fourth-order valence-corrected chi connectivity index (χ4v) is 5.40. The first-order chi connectivity index (χ1) is 15.7. The van der Waals surface area contributed by atoms with Crippen molar-refractivity contribution in [3.05, 3.63) is 57.6 Å². The smallest absolute Gasteiger partial charge is 0.324 e. The van der Waals surface area contributed by atoms with E-state index in [-0.39, 0.29) is 28.4 Å². The fourth-order valence-electron chi connectivity index (χ4n) is 4.65. The zero-order valence-corrected chi connectivity index (χ0v) is 19.8. The number of rotatable bonds is 5. The highest BCUT2D eigenvalue weighted by Gasteiger charge is 2.73. The summed E-state index contributed by atoms with van der Waals surface area (Å²) in [5.74, 6) is -2.36. The molecule has 0 aromatic heterocycles. The standard InChI is InChI=1S/C21H24N2O10S/c1-12-6-8-17-15(10-12)22(18(32-17)34(27,28)29)20(30-4)14-11-13(23(25)26)7-9-16(14)33-19(2,3)21(20,24)31-5/h6-11,18,24H,1-5H3,(H,27,28,29). The molecule has 0 fully saturated rings. The maximum absolute atomic E-state index is 12.5. The van der Waals surface area contributed by atoms with E-state index in [2.05, 4.69) is 0 Å². The SMILES string of the molecule is COC1(N2c3cc(C)ccc3OC2S(=O)(=O)O)c2cc([N+](=O)[O-])ccc2OC(C)(C)C1(O)OC. The number of hydrogen-bond donors (Lipinski definition) is 2. The zero-order chi connectivity index (χ0) is 25.3. The minimum absolute atomic E-state index is 0.0642. The van der Waals surface area contributed by atoms with Crippen molar-refractivity contribution in [2.75, 3.05) is 19.1 Å². The third-order valence-electron chi connectivity index (χ3n) is 6.18. The first-order valence-corrected chi connectivity index (χ1v) is 11.6. The molecule has 0 radical (unpaired) electrons. The summed E-state index contributed by atoms with van der Waals surface area (Å²) in [6, 6.07) is 8.33. The van der Waals surface area contributed by atoms with E-state index in [1.54, 1.807) is 19.1 Å². The Balaban J connectivity index is 2.18. The van der Waals surface area contributed by atoms with Crippen LogP contribution in [-0.4, -0.2) is 54.2 Å². The lowest BCUT2D eigenvalue weighted by Crippen LogP contribution is -2.77. The summed E-state index contributed by atoms with van der Waals surface area (Å²) >= 11 is 0. The molecule has 4 rings (SSSR count). The molecule has 13 heteroatoms. The van der Waals surface area contributed by atoms with Crippen molar-refractivity contribution in [3.8, 4) is 11.5 Å². The Bertz CT molecular complexity index is 1280. The molecular weight excluding hydrogens is 472 g/mol. The predicted molar refractivity (Wildman–Crippen MR) is 118 cm³/mol. The molecule has 12 nitrogen and oxygen atoms in total. The fraction of sp³-hybridized carbons (Fsp3) is 0.429. The lowest BCUT2D eigenvalue weighted by Gasteiger charge is -2.58. The summed E-state index contributed by atoms with van der Waals surface area (Å²) in [7, 11) is -2.65. The van der Waals surface area contributed by atoms with E-state index in [1.165, 1.54) is 39.2 Å². The van der Waals surface area contributed by atoms with Crippen LogP contribution in [0.3, 0.4) is 0 Å². The molecule has 2 aliphatic heterocycles. The number of aryl methyl sites for hydroxylation is 1. The van der Waals surface area contributed by atoms with Crippen molar-refractivity contribution in [1.82, 2.24) is 0 Å². The van der Waals surface area contributed by atoms with Crippen LogP contribution < -0.4 is 14.4 Å². The number of nitrogens with zero attached hydrogens (tertiary/aromatic N) is 2. The van der Waals surface area contributed by atoms with Gasteiger partial charge in [-0.25, -0.2) is 0 Å². The Morgan fingerprint density at radius 3 is 2.32 bits per heavy atom.